The van der Waals surface area contributed by atoms with Crippen molar-refractivity contribution in [2.45, 2.75) is 74.9 Å². The fourth-order valence-electron chi connectivity index (χ4n) is 4.49. The van der Waals surface area contributed by atoms with Gasteiger partial charge in [0.1, 0.15) is 0 Å². The number of nitrogens with zero attached hydrogens (tertiary/aromatic N) is 3. The Kier molecular flexibility index (Phi) is 20.1. The average Bonchev–Trinajstić information content (AvgIpc) is 3.19. The molecule has 0 aromatic heterocycles. The van der Waals surface area contributed by atoms with E-state index in [9.17, 15) is 9.59 Å². The molecule has 1 unspecified atom stereocenters. The Bertz CT molecular complexity index is 1100. The van der Waals surface area contributed by atoms with E-state index in [4.69, 9.17) is 0 Å². The molecule has 0 aliphatic carbocycles. The number of fused-ring (bicyclic) bond motifs is 1. The van der Waals surface area contributed by atoms with Crippen LogP contribution in [-0.4, -0.2) is 65.3 Å². The smallest absolute Gasteiger partial charge is 0.254 e. The van der Waals surface area contributed by atoms with E-state index in [1.807, 2.05) is 115 Å². The summed E-state index contributed by atoms with van der Waals surface area (Å²) in [5.41, 5.74) is 4.72. The first-order valence-corrected chi connectivity index (χ1v) is 15.5. The van der Waals surface area contributed by atoms with Crippen molar-refractivity contribution in [2.75, 3.05) is 32.7 Å². The number of hydrogen-bond acceptors (Lipinski definition) is 4. The Labute approximate surface area is 256 Å². The van der Waals surface area contributed by atoms with Gasteiger partial charge in [-0.1, -0.05) is 90.6 Å². The highest BCUT2D eigenvalue weighted by molar-refractivity contribution is 5.94. The van der Waals surface area contributed by atoms with Crippen LogP contribution in [0, 0.1) is 0 Å². The van der Waals surface area contributed by atoms with Gasteiger partial charge < -0.3 is 15.1 Å². The van der Waals surface area contributed by atoms with E-state index in [2.05, 4.69) is 36.4 Å². The molecule has 6 heteroatoms. The number of carbonyl (C=O) groups is 2. The summed E-state index contributed by atoms with van der Waals surface area (Å²) in [6.07, 6.45) is 13.7. The minimum absolute atomic E-state index is 0.0188. The number of nitrogens with one attached hydrogen (secondary N) is 1. The summed E-state index contributed by atoms with van der Waals surface area (Å²) in [5, 5.41) is 3.30. The van der Waals surface area contributed by atoms with Gasteiger partial charge in [-0.05, 0) is 50.1 Å². The molecule has 1 atom stereocenters. The normalized spacial score (nSPS) is 15.4. The van der Waals surface area contributed by atoms with Crippen molar-refractivity contribution in [3.8, 4) is 0 Å². The quantitative estimate of drug-likeness (QED) is 0.231. The SMILES string of the molecule is C=CCN(CC)C(=O)c1ccc(CN2C(=O)CN(C(C)/C(C=C)=C/C=C/C)CC3=CNCC=C32)cc1.CC.CC.CC. The predicted molar refractivity (Wildman–Crippen MR) is 181 cm³/mol. The van der Waals surface area contributed by atoms with Crippen LogP contribution in [0.15, 0.2) is 96.9 Å². The van der Waals surface area contributed by atoms with Crippen molar-refractivity contribution < 1.29 is 9.59 Å². The summed E-state index contributed by atoms with van der Waals surface area (Å²) in [4.78, 5) is 32.1. The maximum absolute atomic E-state index is 13.6. The number of allylic oxidation sites excluding steroid dienone is 3. The first-order valence-electron chi connectivity index (χ1n) is 15.5. The van der Waals surface area contributed by atoms with Crippen LogP contribution in [0.1, 0.15) is 78.2 Å². The van der Waals surface area contributed by atoms with Gasteiger partial charge in [-0.3, -0.25) is 14.5 Å². The van der Waals surface area contributed by atoms with E-state index < -0.39 is 0 Å². The number of hydrogen-bond donors (Lipinski definition) is 1. The highest BCUT2D eigenvalue weighted by atomic mass is 16.2. The molecular formula is C36H56N4O2. The molecule has 1 aromatic carbocycles. The Hall–Kier alpha value is -3.64. The summed E-state index contributed by atoms with van der Waals surface area (Å²) in [7, 11) is 0. The van der Waals surface area contributed by atoms with Gasteiger partial charge >= 0.3 is 0 Å². The minimum atomic E-state index is -0.0188. The molecule has 42 heavy (non-hydrogen) atoms. The van der Waals surface area contributed by atoms with Crippen LogP contribution in [-0.2, 0) is 11.3 Å². The zero-order valence-corrected chi connectivity index (χ0v) is 27.7. The molecular weight excluding hydrogens is 520 g/mol. The Balaban J connectivity index is 0.00000263. The second-order valence-electron chi connectivity index (χ2n) is 8.95. The van der Waals surface area contributed by atoms with E-state index in [0.717, 1.165) is 22.4 Å². The molecule has 6 nitrogen and oxygen atoms in total. The third kappa shape index (κ3) is 11.0. The van der Waals surface area contributed by atoms with Gasteiger partial charge in [0.05, 0.1) is 13.1 Å². The average molecular weight is 577 g/mol. The molecule has 0 radical (unpaired) electrons. The number of benzene rings is 1. The minimum Gasteiger partial charge on any atom is -0.387 e. The van der Waals surface area contributed by atoms with Crippen LogP contribution in [0.5, 0.6) is 0 Å². The largest absolute Gasteiger partial charge is 0.387 e. The fraction of sp³-hybridized carbons (Fsp3) is 0.444. The van der Waals surface area contributed by atoms with Crippen molar-refractivity contribution >= 4 is 11.8 Å². The van der Waals surface area contributed by atoms with Crippen LogP contribution in [0.3, 0.4) is 0 Å². The first kappa shape index (κ1) is 38.4. The third-order valence-corrected chi connectivity index (χ3v) is 6.63. The molecule has 0 saturated carbocycles. The van der Waals surface area contributed by atoms with Crippen LogP contribution >= 0.6 is 0 Å². The Morgan fingerprint density at radius 1 is 1.07 bits per heavy atom. The molecule has 1 N–H and O–H groups in total. The lowest BCUT2D eigenvalue weighted by molar-refractivity contribution is -0.130. The predicted octanol–water partition coefficient (Wildman–Crippen LogP) is 7.51. The lowest BCUT2D eigenvalue weighted by Gasteiger charge is -2.28. The van der Waals surface area contributed by atoms with Crippen molar-refractivity contribution in [1.82, 2.24) is 20.0 Å². The van der Waals surface area contributed by atoms with Crippen LogP contribution in [0.2, 0.25) is 0 Å². The van der Waals surface area contributed by atoms with Crippen molar-refractivity contribution in [1.29, 1.82) is 0 Å². The first-order chi connectivity index (χ1) is 20.4. The monoisotopic (exact) mass is 576 g/mol. The van der Waals surface area contributed by atoms with Gasteiger partial charge in [0.15, 0.2) is 0 Å². The van der Waals surface area contributed by atoms with Crippen molar-refractivity contribution in [3.05, 3.63) is 108 Å². The maximum atomic E-state index is 13.6. The zero-order valence-electron chi connectivity index (χ0n) is 27.7. The molecule has 2 aliphatic heterocycles. The van der Waals surface area contributed by atoms with E-state index in [1.54, 1.807) is 11.0 Å². The molecule has 2 aliphatic rings. The van der Waals surface area contributed by atoms with E-state index in [-0.39, 0.29) is 17.9 Å². The summed E-state index contributed by atoms with van der Waals surface area (Å²) >= 11 is 0. The summed E-state index contributed by atoms with van der Waals surface area (Å²) < 4.78 is 0. The van der Waals surface area contributed by atoms with E-state index >= 15 is 0 Å². The molecule has 0 bridgehead atoms. The number of dihydropyridines is 1. The topological polar surface area (TPSA) is 55.9 Å². The van der Waals surface area contributed by atoms with Gasteiger partial charge in [-0.2, -0.15) is 0 Å². The van der Waals surface area contributed by atoms with Crippen molar-refractivity contribution in [2.24, 2.45) is 0 Å². The van der Waals surface area contributed by atoms with Crippen LogP contribution in [0.4, 0.5) is 0 Å². The highest BCUT2D eigenvalue weighted by Gasteiger charge is 2.32. The summed E-state index contributed by atoms with van der Waals surface area (Å²) in [6.45, 7) is 29.0. The highest BCUT2D eigenvalue weighted by Crippen LogP contribution is 2.27. The molecule has 0 spiro atoms. The number of likely N-dealkylation sites (N-methyl/N-ethyl adjacent to an activating group) is 1. The van der Waals surface area contributed by atoms with Gasteiger partial charge in [-0.15, -0.1) is 6.58 Å². The second kappa shape index (κ2) is 22.0. The lowest BCUT2D eigenvalue weighted by Crippen LogP contribution is -2.40. The van der Waals surface area contributed by atoms with Gasteiger partial charge in [0, 0.05) is 55.3 Å². The molecule has 232 valence electrons. The van der Waals surface area contributed by atoms with Gasteiger partial charge in [0.2, 0.25) is 5.91 Å². The number of amides is 2. The zero-order chi connectivity index (χ0) is 32.1. The lowest BCUT2D eigenvalue weighted by atomic mass is 10.0. The van der Waals surface area contributed by atoms with Gasteiger partial charge in [-0.25, -0.2) is 0 Å². The Morgan fingerprint density at radius 3 is 2.26 bits per heavy atom. The maximum Gasteiger partial charge on any atom is 0.254 e. The van der Waals surface area contributed by atoms with E-state index in [0.29, 0.717) is 44.8 Å². The van der Waals surface area contributed by atoms with E-state index in [1.165, 1.54) is 0 Å². The van der Waals surface area contributed by atoms with Crippen LogP contribution in [0.25, 0.3) is 0 Å². The summed E-state index contributed by atoms with van der Waals surface area (Å²) in [5.74, 6) is 0.0332. The number of carbonyl (C=O) groups excluding carboxylic acids is 2. The molecule has 1 saturated heterocycles. The van der Waals surface area contributed by atoms with Crippen molar-refractivity contribution in [3.63, 3.8) is 0 Å². The fourth-order valence-corrected chi connectivity index (χ4v) is 4.49. The van der Waals surface area contributed by atoms with Gasteiger partial charge in [0.25, 0.3) is 5.91 Å². The third-order valence-electron chi connectivity index (χ3n) is 6.63. The summed E-state index contributed by atoms with van der Waals surface area (Å²) in [6, 6.07) is 7.60. The standard InChI is InChI=1S/C30H38N4O2.3C2H6/c1-6-10-11-25(8-3)23(5)33-21-27-19-31-17-16-28(27)34(29(35)22-33)20-24-12-14-26(15-13-24)30(36)32(9-4)18-7-2;3*1-2/h6-8,10-16,19,23,31H,2-3,9,17-18,20-22H2,1,4-5H3;3*1-2H3/b10-6+,25-11+;;;. The molecule has 2 heterocycles. The Morgan fingerprint density at radius 2 is 1.71 bits per heavy atom. The molecule has 3 rings (SSSR count). The number of rotatable bonds is 10. The molecule has 2 amide bonds. The molecule has 1 aromatic rings. The second-order valence-corrected chi connectivity index (χ2v) is 8.95. The molecule has 1 fully saturated rings. The van der Waals surface area contributed by atoms with Crippen LogP contribution < -0.4 is 5.32 Å².